The van der Waals surface area contributed by atoms with Crippen LogP contribution in [0.1, 0.15) is 35.7 Å². The molecule has 2 amide bonds. The molecule has 8 heteroatoms. The Bertz CT molecular complexity index is 982. The summed E-state index contributed by atoms with van der Waals surface area (Å²) in [5.41, 5.74) is 1.45. The summed E-state index contributed by atoms with van der Waals surface area (Å²) in [5, 5.41) is 3.00. The van der Waals surface area contributed by atoms with Crippen molar-refractivity contribution in [3.05, 3.63) is 70.2 Å². The molecule has 2 aromatic rings. The predicted octanol–water partition coefficient (Wildman–Crippen LogP) is 4.42. The lowest BCUT2D eigenvalue weighted by atomic mass is 10.0. The molecule has 1 aliphatic rings. The first-order valence-electron chi connectivity index (χ1n) is 10.4. The second kappa shape index (κ2) is 11.5. The van der Waals surface area contributed by atoms with Gasteiger partial charge in [0.1, 0.15) is 5.75 Å². The molecule has 1 heterocycles. The zero-order chi connectivity index (χ0) is 22.9. The number of piperidine rings is 1. The van der Waals surface area contributed by atoms with Gasteiger partial charge < -0.3 is 19.7 Å². The zero-order valence-corrected chi connectivity index (χ0v) is 19.3. The van der Waals surface area contributed by atoms with Gasteiger partial charge in [-0.3, -0.25) is 9.59 Å². The van der Waals surface area contributed by atoms with Gasteiger partial charge in [0.15, 0.2) is 0 Å². The number of benzene rings is 2. The molecule has 1 fully saturated rings. The van der Waals surface area contributed by atoms with E-state index in [1.807, 2.05) is 24.3 Å². The molecule has 0 spiro atoms. The van der Waals surface area contributed by atoms with Crippen LogP contribution in [0.25, 0.3) is 6.08 Å². The lowest BCUT2D eigenvalue weighted by Crippen LogP contribution is -2.46. The van der Waals surface area contributed by atoms with Crippen LogP contribution in [0.5, 0.6) is 5.75 Å². The smallest absolute Gasteiger partial charge is 0.434 e. The molecular formula is C24H25BrN2O5. The van der Waals surface area contributed by atoms with Crippen LogP contribution in [0, 0.1) is 0 Å². The number of halogens is 1. The van der Waals surface area contributed by atoms with Crippen LogP contribution in [0.15, 0.2) is 59.1 Å². The van der Waals surface area contributed by atoms with E-state index >= 15 is 0 Å². The first-order valence-corrected chi connectivity index (χ1v) is 11.2. The van der Waals surface area contributed by atoms with Gasteiger partial charge in [0, 0.05) is 35.2 Å². The van der Waals surface area contributed by atoms with Crippen molar-refractivity contribution in [2.45, 2.75) is 25.8 Å². The van der Waals surface area contributed by atoms with Crippen molar-refractivity contribution < 1.29 is 23.9 Å². The summed E-state index contributed by atoms with van der Waals surface area (Å²) >= 11 is 3.41. The topological polar surface area (TPSA) is 84.9 Å². The zero-order valence-electron chi connectivity index (χ0n) is 17.8. The fourth-order valence-corrected chi connectivity index (χ4v) is 3.77. The minimum absolute atomic E-state index is 0.0269. The van der Waals surface area contributed by atoms with E-state index in [0.29, 0.717) is 37.2 Å². The minimum Gasteiger partial charge on any atom is -0.434 e. The fraction of sp³-hybridized carbons (Fsp3) is 0.292. The van der Waals surface area contributed by atoms with Crippen LogP contribution < -0.4 is 10.1 Å². The summed E-state index contributed by atoms with van der Waals surface area (Å²) < 4.78 is 10.7. The number of nitrogens with one attached hydrogen (secondary N) is 1. The number of nitrogens with zero attached hydrogens (tertiary/aromatic N) is 1. The van der Waals surface area contributed by atoms with Gasteiger partial charge in [0.05, 0.1) is 6.61 Å². The molecule has 7 nitrogen and oxygen atoms in total. The van der Waals surface area contributed by atoms with E-state index in [2.05, 4.69) is 21.2 Å². The number of hydrogen-bond donors (Lipinski definition) is 1. The molecule has 0 aromatic heterocycles. The van der Waals surface area contributed by atoms with Gasteiger partial charge in [-0.05, 0) is 67.8 Å². The third-order valence-electron chi connectivity index (χ3n) is 4.97. The Balaban J connectivity index is 1.46. The van der Waals surface area contributed by atoms with Crippen molar-refractivity contribution in [3.63, 3.8) is 0 Å². The Morgan fingerprint density at radius 3 is 2.50 bits per heavy atom. The Morgan fingerprint density at radius 2 is 1.84 bits per heavy atom. The normalized spacial score (nSPS) is 14.2. The van der Waals surface area contributed by atoms with Crippen LogP contribution in [0.3, 0.4) is 0 Å². The van der Waals surface area contributed by atoms with E-state index < -0.39 is 6.16 Å². The van der Waals surface area contributed by atoms with Gasteiger partial charge in [-0.2, -0.15) is 0 Å². The minimum atomic E-state index is -0.776. The van der Waals surface area contributed by atoms with E-state index in [4.69, 9.17) is 9.47 Å². The first kappa shape index (κ1) is 23.5. The van der Waals surface area contributed by atoms with E-state index in [-0.39, 0.29) is 24.5 Å². The van der Waals surface area contributed by atoms with Crippen molar-refractivity contribution in [2.75, 3.05) is 19.7 Å². The third kappa shape index (κ3) is 6.95. The molecule has 1 saturated heterocycles. The molecule has 0 bridgehead atoms. The van der Waals surface area contributed by atoms with E-state index in [9.17, 15) is 14.4 Å². The van der Waals surface area contributed by atoms with Crippen LogP contribution in [-0.4, -0.2) is 48.6 Å². The quantitative estimate of drug-likeness (QED) is 0.360. The number of ether oxygens (including phenoxy) is 2. The van der Waals surface area contributed by atoms with Crippen molar-refractivity contribution in [2.24, 2.45) is 0 Å². The highest BCUT2D eigenvalue weighted by atomic mass is 79.9. The highest BCUT2D eigenvalue weighted by Crippen LogP contribution is 2.18. The Hall–Kier alpha value is -3.13. The van der Waals surface area contributed by atoms with Crippen LogP contribution in [0.4, 0.5) is 4.79 Å². The van der Waals surface area contributed by atoms with E-state index in [0.717, 1.165) is 10.0 Å². The Labute approximate surface area is 195 Å². The Kier molecular flexibility index (Phi) is 8.44. The molecule has 0 aliphatic carbocycles. The maximum absolute atomic E-state index is 12.7. The van der Waals surface area contributed by atoms with Crippen LogP contribution >= 0.6 is 15.9 Å². The average molecular weight is 501 g/mol. The predicted molar refractivity (Wildman–Crippen MR) is 124 cm³/mol. The first-order chi connectivity index (χ1) is 15.4. The molecule has 2 aromatic carbocycles. The molecule has 0 radical (unpaired) electrons. The summed E-state index contributed by atoms with van der Waals surface area (Å²) in [5.74, 6) is 0.0799. The van der Waals surface area contributed by atoms with Gasteiger partial charge in [0.2, 0.25) is 5.91 Å². The van der Waals surface area contributed by atoms with Gasteiger partial charge in [-0.25, -0.2) is 4.79 Å². The molecule has 168 valence electrons. The maximum atomic E-state index is 12.7. The largest absolute Gasteiger partial charge is 0.513 e. The third-order valence-corrected chi connectivity index (χ3v) is 5.46. The second-order valence-electron chi connectivity index (χ2n) is 7.27. The summed E-state index contributed by atoms with van der Waals surface area (Å²) in [6, 6.07) is 14.1. The number of rotatable bonds is 6. The number of carbonyl (C=O) groups is 3. The molecule has 3 rings (SSSR count). The Morgan fingerprint density at radius 1 is 1.12 bits per heavy atom. The van der Waals surface area contributed by atoms with E-state index in [1.54, 1.807) is 42.2 Å². The maximum Gasteiger partial charge on any atom is 0.513 e. The second-order valence-corrected chi connectivity index (χ2v) is 8.19. The van der Waals surface area contributed by atoms with Gasteiger partial charge >= 0.3 is 6.16 Å². The van der Waals surface area contributed by atoms with Crippen molar-refractivity contribution >= 4 is 40.0 Å². The monoisotopic (exact) mass is 500 g/mol. The van der Waals surface area contributed by atoms with Crippen LogP contribution in [0.2, 0.25) is 0 Å². The SMILES string of the molecule is CCOC(=O)Oc1ccc(C(=O)N2CCC(NC(=O)/C=C/c3cccc(Br)c3)CC2)cc1. The van der Waals surface area contributed by atoms with E-state index in [1.165, 1.54) is 6.08 Å². The molecule has 32 heavy (non-hydrogen) atoms. The van der Waals surface area contributed by atoms with Crippen molar-refractivity contribution in [1.82, 2.24) is 10.2 Å². The van der Waals surface area contributed by atoms with Crippen molar-refractivity contribution in [3.8, 4) is 5.75 Å². The summed E-state index contributed by atoms with van der Waals surface area (Å²) in [7, 11) is 0. The molecule has 0 atom stereocenters. The summed E-state index contributed by atoms with van der Waals surface area (Å²) in [6.45, 7) is 3.03. The number of amides is 2. The average Bonchev–Trinajstić information content (AvgIpc) is 2.78. The molecule has 1 N–H and O–H groups in total. The van der Waals surface area contributed by atoms with Gasteiger partial charge in [0.25, 0.3) is 5.91 Å². The lowest BCUT2D eigenvalue weighted by molar-refractivity contribution is -0.117. The summed E-state index contributed by atoms with van der Waals surface area (Å²) in [6.07, 6.45) is 3.90. The standard InChI is InChI=1S/C24H25BrN2O5/c1-2-31-24(30)32-21-9-7-18(8-10-21)23(29)27-14-12-20(13-15-27)26-22(28)11-6-17-4-3-5-19(25)16-17/h3-11,16,20H,2,12-15H2,1H3,(H,26,28)/b11-6+. The number of likely N-dealkylation sites (tertiary alicyclic amines) is 1. The molecule has 0 saturated carbocycles. The number of hydrogen-bond acceptors (Lipinski definition) is 5. The lowest BCUT2D eigenvalue weighted by Gasteiger charge is -2.32. The van der Waals surface area contributed by atoms with Gasteiger partial charge in [-0.1, -0.05) is 28.1 Å². The summed E-state index contributed by atoms with van der Waals surface area (Å²) in [4.78, 5) is 38.1. The van der Waals surface area contributed by atoms with Gasteiger partial charge in [-0.15, -0.1) is 0 Å². The van der Waals surface area contributed by atoms with Crippen LogP contribution in [-0.2, 0) is 9.53 Å². The molecular weight excluding hydrogens is 476 g/mol. The molecule has 0 unspecified atom stereocenters. The number of carbonyl (C=O) groups excluding carboxylic acids is 3. The van der Waals surface area contributed by atoms with Crippen molar-refractivity contribution in [1.29, 1.82) is 0 Å². The highest BCUT2D eigenvalue weighted by molar-refractivity contribution is 9.10. The highest BCUT2D eigenvalue weighted by Gasteiger charge is 2.24. The fourth-order valence-electron chi connectivity index (χ4n) is 3.35. The molecule has 1 aliphatic heterocycles.